The maximum Gasteiger partial charge on any atom is 0.411 e. The van der Waals surface area contributed by atoms with E-state index in [0.717, 1.165) is 4.88 Å². The molecule has 0 saturated carbocycles. The van der Waals surface area contributed by atoms with Gasteiger partial charge in [-0.3, -0.25) is 5.32 Å². The van der Waals surface area contributed by atoms with E-state index in [4.69, 9.17) is 0 Å². The standard InChI is InChI=1S/C9H11NO2S/c1-2-12-9(11)10-6-5-8-4-3-7-13-8/h3-7H,2H2,1H3,(H,10,11)/b6-5-. The first-order valence-corrected chi connectivity index (χ1v) is 4.84. The molecule has 13 heavy (non-hydrogen) atoms. The van der Waals surface area contributed by atoms with E-state index in [1.807, 2.05) is 23.6 Å². The van der Waals surface area contributed by atoms with E-state index >= 15 is 0 Å². The van der Waals surface area contributed by atoms with Crippen LogP contribution in [-0.4, -0.2) is 12.7 Å². The van der Waals surface area contributed by atoms with E-state index in [1.165, 1.54) is 0 Å². The van der Waals surface area contributed by atoms with Gasteiger partial charge in [-0.05, 0) is 24.4 Å². The van der Waals surface area contributed by atoms with Crippen LogP contribution in [0, 0.1) is 0 Å². The molecule has 0 spiro atoms. The van der Waals surface area contributed by atoms with Gasteiger partial charge in [-0.1, -0.05) is 6.07 Å². The van der Waals surface area contributed by atoms with Crippen LogP contribution < -0.4 is 5.32 Å². The summed E-state index contributed by atoms with van der Waals surface area (Å²) in [6.07, 6.45) is 2.97. The smallest absolute Gasteiger partial charge is 0.411 e. The largest absolute Gasteiger partial charge is 0.450 e. The number of alkyl carbamates (subject to hydrolysis) is 1. The molecule has 1 aromatic rings. The number of amides is 1. The highest BCUT2D eigenvalue weighted by Gasteiger charge is 1.93. The predicted molar refractivity (Wildman–Crippen MR) is 53.5 cm³/mol. The second-order valence-corrected chi connectivity index (χ2v) is 3.19. The van der Waals surface area contributed by atoms with Gasteiger partial charge >= 0.3 is 6.09 Å². The van der Waals surface area contributed by atoms with Gasteiger partial charge in [0.05, 0.1) is 6.61 Å². The molecule has 0 radical (unpaired) electrons. The minimum absolute atomic E-state index is 0.388. The van der Waals surface area contributed by atoms with Gasteiger partial charge in [0.25, 0.3) is 0 Å². The molecule has 1 rings (SSSR count). The first kappa shape index (κ1) is 9.80. The van der Waals surface area contributed by atoms with Crippen molar-refractivity contribution in [3.63, 3.8) is 0 Å². The highest BCUT2D eigenvalue weighted by atomic mass is 32.1. The SMILES string of the molecule is CCOC(=O)N/C=C\c1cccs1. The average molecular weight is 197 g/mol. The quantitative estimate of drug-likeness (QED) is 0.808. The zero-order valence-corrected chi connectivity index (χ0v) is 8.14. The van der Waals surface area contributed by atoms with Crippen molar-refractivity contribution in [1.82, 2.24) is 5.32 Å². The van der Waals surface area contributed by atoms with Crippen molar-refractivity contribution in [2.45, 2.75) is 6.92 Å². The van der Waals surface area contributed by atoms with Crippen LogP contribution >= 0.6 is 11.3 Å². The number of thiophene rings is 1. The van der Waals surface area contributed by atoms with Gasteiger partial charge in [0.2, 0.25) is 0 Å². The summed E-state index contributed by atoms with van der Waals surface area (Å²) < 4.78 is 4.66. The molecule has 0 unspecified atom stereocenters. The predicted octanol–water partition coefficient (Wildman–Crippen LogP) is 2.46. The van der Waals surface area contributed by atoms with E-state index in [-0.39, 0.29) is 0 Å². The lowest BCUT2D eigenvalue weighted by Crippen LogP contribution is -2.17. The van der Waals surface area contributed by atoms with Crippen LogP contribution in [0.1, 0.15) is 11.8 Å². The molecule has 70 valence electrons. The van der Waals surface area contributed by atoms with Crippen LogP contribution in [0.25, 0.3) is 6.08 Å². The van der Waals surface area contributed by atoms with Crippen LogP contribution in [0.4, 0.5) is 4.79 Å². The fourth-order valence-electron chi connectivity index (χ4n) is 0.751. The summed E-state index contributed by atoms with van der Waals surface area (Å²) in [6, 6.07) is 3.92. The Kier molecular flexibility index (Phi) is 4.05. The maximum atomic E-state index is 10.8. The van der Waals surface area contributed by atoms with Crippen LogP contribution in [0.2, 0.25) is 0 Å². The molecule has 0 aliphatic rings. The molecule has 0 aliphatic carbocycles. The lowest BCUT2D eigenvalue weighted by atomic mass is 10.4. The molecule has 1 N–H and O–H groups in total. The van der Waals surface area contributed by atoms with Gasteiger partial charge in [0.15, 0.2) is 0 Å². The molecular formula is C9H11NO2S. The van der Waals surface area contributed by atoms with E-state index in [9.17, 15) is 4.79 Å². The van der Waals surface area contributed by atoms with Crippen molar-refractivity contribution in [2.75, 3.05) is 6.61 Å². The van der Waals surface area contributed by atoms with Crippen LogP contribution in [0.5, 0.6) is 0 Å². The fraction of sp³-hybridized carbons (Fsp3) is 0.222. The summed E-state index contributed by atoms with van der Waals surface area (Å²) in [5.74, 6) is 0. The Morgan fingerprint density at radius 2 is 2.62 bits per heavy atom. The molecule has 0 fully saturated rings. The summed E-state index contributed by atoms with van der Waals surface area (Å²) in [7, 11) is 0. The molecule has 1 amide bonds. The molecule has 0 aliphatic heterocycles. The normalized spacial score (nSPS) is 10.2. The highest BCUT2D eigenvalue weighted by molar-refractivity contribution is 7.10. The monoisotopic (exact) mass is 197 g/mol. The lowest BCUT2D eigenvalue weighted by molar-refractivity contribution is 0.156. The average Bonchev–Trinajstić information content (AvgIpc) is 2.57. The Labute approximate surface area is 81.0 Å². The Morgan fingerprint density at radius 1 is 1.77 bits per heavy atom. The van der Waals surface area contributed by atoms with Crippen molar-refractivity contribution in [2.24, 2.45) is 0 Å². The minimum atomic E-state index is -0.421. The molecule has 4 heteroatoms. The molecule has 3 nitrogen and oxygen atoms in total. The number of rotatable bonds is 3. The van der Waals surface area contributed by atoms with Gasteiger partial charge in [-0.15, -0.1) is 11.3 Å². The van der Waals surface area contributed by atoms with E-state index in [2.05, 4.69) is 10.1 Å². The zero-order valence-electron chi connectivity index (χ0n) is 7.32. The number of hydrogen-bond donors (Lipinski definition) is 1. The molecule has 1 heterocycles. The fourth-order valence-corrected chi connectivity index (χ4v) is 1.37. The lowest BCUT2D eigenvalue weighted by Gasteiger charge is -1.98. The van der Waals surface area contributed by atoms with Crippen molar-refractivity contribution in [3.8, 4) is 0 Å². The van der Waals surface area contributed by atoms with E-state index < -0.39 is 6.09 Å². The number of carbonyl (C=O) groups is 1. The number of nitrogens with one attached hydrogen (secondary N) is 1. The maximum absolute atomic E-state index is 10.8. The third-order valence-corrected chi connectivity index (χ3v) is 2.10. The Hall–Kier alpha value is -1.29. The topological polar surface area (TPSA) is 38.3 Å². The molecule has 0 saturated heterocycles. The highest BCUT2D eigenvalue weighted by Crippen LogP contribution is 2.09. The summed E-state index contributed by atoms with van der Waals surface area (Å²) in [5, 5.41) is 4.46. The first-order valence-electron chi connectivity index (χ1n) is 3.96. The zero-order chi connectivity index (χ0) is 9.52. The summed E-state index contributed by atoms with van der Waals surface area (Å²) >= 11 is 1.61. The van der Waals surface area contributed by atoms with Gasteiger partial charge in [-0.25, -0.2) is 4.79 Å². The summed E-state index contributed by atoms with van der Waals surface area (Å²) in [4.78, 5) is 11.9. The number of carbonyl (C=O) groups excluding carboxylic acids is 1. The van der Waals surface area contributed by atoms with Gasteiger partial charge in [-0.2, -0.15) is 0 Å². The Bertz CT molecular complexity index is 280. The molecule has 0 aromatic carbocycles. The Morgan fingerprint density at radius 3 is 3.23 bits per heavy atom. The number of hydrogen-bond acceptors (Lipinski definition) is 3. The second kappa shape index (κ2) is 5.37. The van der Waals surface area contributed by atoms with Crippen molar-refractivity contribution < 1.29 is 9.53 Å². The second-order valence-electron chi connectivity index (χ2n) is 2.21. The van der Waals surface area contributed by atoms with Crippen LogP contribution in [-0.2, 0) is 4.74 Å². The first-order chi connectivity index (χ1) is 6.33. The van der Waals surface area contributed by atoms with Crippen molar-refractivity contribution in [3.05, 3.63) is 28.6 Å². The van der Waals surface area contributed by atoms with Gasteiger partial charge in [0, 0.05) is 11.1 Å². The molecule has 0 atom stereocenters. The molecule has 1 aromatic heterocycles. The molecule has 0 bridgehead atoms. The van der Waals surface area contributed by atoms with Gasteiger partial charge in [0.1, 0.15) is 0 Å². The van der Waals surface area contributed by atoms with Crippen LogP contribution in [0.3, 0.4) is 0 Å². The van der Waals surface area contributed by atoms with E-state index in [0.29, 0.717) is 6.61 Å². The van der Waals surface area contributed by atoms with Crippen molar-refractivity contribution in [1.29, 1.82) is 0 Å². The van der Waals surface area contributed by atoms with Gasteiger partial charge < -0.3 is 4.74 Å². The Balaban J connectivity index is 2.30. The summed E-state index contributed by atoms with van der Waals surface area (Å²) in [6.45, 7) is 2.15. The number of ether oxygens (including phenoxy) is 1. The van der Waals surface area contributed by atoms with Crippen molar-refractivity contribution >= 4 is 23.5 Å². The third-order valence-electron chi connectivity index (χ3n) is 1.27. The minimum Gasteiger partial charge on any atom is -0.450 e. The molecular weight excluding hydrogens is 186 g/mol. The van der Waals surface area contributed by atoms with Crippen LogP contribution in [0.15, 0.2) is 23.7 Å². The van der Waals surface area contributed by atoms with E-state index in [1.54, 1.807) is 24.5 Å². The third kappa shape index (κ3) is 3.75. The summed E-state index contributed by atoms with van der Waals surface area (Å²) in [5.41, 5.74) is 0.